The Bertz CT molecular complexity index is 518. The van der Waals surface area contributed by atoms with Gasteiger partial charge in [0.05, 0.1) is 13.1 Å². The summed E-state index contributed by atoms with van der Waals surface area (Å²) in [4.78, 5) is 5.32. The summed E-state index contributed by atoms with van der Waals surface area (Å²) in [7, 11) is 3.11. The van der Waals surface area contributed by atoms with Crippen LogP contribution in [0.15, 0.2) is 29.3 Å². The molecular formula is C17H27F3N4O. The summed E-state index contributed by atoms with van der Waals surface area (Å²) in [6.07, 6.45) is -3.57. The lowest BCUT2D eigenvalue weighted by Gasteiger charge is -2.19. The number of nitrogens with one attached hydrogen (secondary N) is 2. The van der Waals surface area contributed by atoms with Crippen LogP contribution in [0.4, 0.5) is 13.2 Å². The number of rotatable bonds is 9. The molecule has 0 aromatic heterocycles. The maximum absolute atomic E-state index is 12.2. The predicted molar refractivity (Wildman–Crippen MR) is 94.2 cm³/mol. The van der Waals surface area contributed by atoms with Crippen molar-refractivity contribution in [2.24, 2.45) is 4.99 Å². The van der Waals surface area contributed by atoms with Crippen molar-refractivity contribution in [1.29, 1.82) is 0 Å². The SMILES string of the molecule is CN=C(NCCCN(C)CC(F)(F)F)NCCOc1ccc(C)cc1. The predicted octanol–water partition coefficient (Wildman–Crippen LogP) is 2.42. The fourth-order valence-electron chi connectivity index (χ4n) is 2.13. The quantitative estimate of drug-likeness (QED) is 0.403. The van der Waals surface area contributed by atoms with Gasteiger partial charge >= 0.3 is 6.18 Å². The fourth-order valence-corrected chi connectivity index (χ4v) is 2.13. The van der Waals surface area contributed by atoms with Crippen molar-refractivity contribution in [1.82, 2.24) is 15.5 Å². The van der Waals surface area contributed by atoms with Gasteiger partial charge in [0.25, 0.3) is 0 Å². The summed E-state index contributed by atoms with van der Waals surface area (Å²) in [5.41, 5.74) is 1.18. The van der Waals surface area contributed by atoms with E-state index in [0.717, 1.165) is 5.75 Å². The number of guanidine groups is 1. The van der Waals surface area contributed by atoms with E-state index in [0.29, 0.717) is 38.6 Å². The van der Waals surface area contributed by atoms with Crippen molar-refractivity contribution in [3.63, 3.8) is 0 Å². The molecule has 25 heavy (non-hydrogen) atoms. The minimum Gasteiger partial charge on any atom is -0.492 e. The summed E-state index contributed by atoms with van der Waals surface area (Å²) < 4.78 is 42.2. The van der Waals surface area contributed by atoms with E-state index in [1.807, 2.05) is 31.2 Å². The molecule has 142 valence electrons. The van der Waals surface area contributed by atoms with Crippen LogP contribution >= 0.6 is 0 Å². The first-order valence-corrected chi connectivity index (χ1v) is 8.19. The van der Waals surface area contributed by atoms with Crippen LogP contribution in [-0.2, 0) is 0 Å². The summed E-state index contributed by atoms with van der Waals surface area (Å²) >= 11 is 0. The molecule has 0 saturated carbocycles. The molecule has 2 N–H and O–H groups in total. The molecule has 1 aromatic carbocycles. The van der Waals surface area contributed by atoms with E-state index >= 15 is 0 Å². The average molecular weight is 360 g/mol. The van der Waals surface area contributed by atoms with Crippen LogP contribution in [0.25, 0.3) is 0 Å². The number of alkyl halides is 3. The number of nitrogens with zero attached hydrogens (tertiary/aromatic N) is 2. The van der Waals surface area contributed by atoms with E-state index in [1.165, 1.54) is 17.5 Å². The van der Waals surface area contributed by atoms with Crippen LogP contribution in [-0.4, -0.2) is 63.9 Å². The maximum atomic E-state index is 12.2. The number of halogens is 3. The van der Waals surface area contributed by atoms with Crippen LogP contribution in [0.5, 0.6) is 5.75 Å². The molecular weight excluding hydrogens is 333 g/mol. The van der Waals surface area contributed by atoms with Crippen LogP contribution < -0.4 is 15.4 Å². The molecule has 0 atom stereocenters. The van der Waals surface area contributed by atoms with E-state index in [9.17, 15) is 13.2 Å². The first-order chi connectivity index (χ1) is 11.8. The minimum atomic E-state index is -4.16. The zero-order chi connectivity index (χ0) is 18.7. The average Bonchev–Trinajstić information content (AvgIpc) is 2.53. The molecule has 1 aromatic rings. The normalized spacial score (nSPS) is 12.4. The third-order valence-corrected chi connectivity index (χ3v) is 3.37. The Morgan fingerprint density at radius 2 is 1.80 bits per heavy atom. The summed E-state index contributed by atoms with van der Waals surface area (Å²) in [6.45, 7) is 3.08. The second-order valence-electron chi connectivity index (χ2n) is 5.79. The van der Waals surface area contributed by atoms with E-state index < -0.39 is 12.7 Å². The number of benzene rings is 1. The molecule has 0 bridgehead atoms. The van der Waals surface area contributed by atoms with Gasteiger partial charge in [0.1, 0.15) is 12.4 Å². The Morgan fingerprint density at radius 3 is 2.40 bits per heavy atom. The highest BCUT2D eigenvalue weighted by atomic mass is 19.4. The van der Waals surface area contributed by atoms with Gasteiger partial charge in [-0.15, -0.1) is 0 Å². The van der Waals surface area contributed by atoms with Crippen LogP contribution in [0, 0.1) is 6.92 Å². The van der Waals surface area contributed by atoms with E-state index in [2.05, 4.69) is 15.6 Å². The highest BCUT2D eigenvalue weighted by molar-refractivity contribution is 5.79. The number of ether oxygens (including phenoxy) is 1. The van der Waals surface area contributed by atoms with Gasteiger partial charge < -0.3 is 15.4 Å². The Kier molecular flexibility index (Phi) is 9.12. The van der Waals surface area contributed by atoms with E-state index in [4.69, 9.17) is 4.74 Å². The van der Waals surface area contributed by atoms with Crippen LogP contribution in [0.1, 0.15) is 12.0 Å². The molecule has 0 saturated heterocycles. The van der Waals surface area contributed by atoms with Gasteiger partial charge in [-0.3, -0.25) is 9.89 Å². The van der Waals surface area contributed by atoms with Crippen LogP contribution in [0.2, 0.25) is 0 Å². The monoisotopic (exact) mass is 360 g/mol. The van der Waals surface area contributed by atoms with Gasteiger partial charge in [-0.2, -0.15) is 13.2 Å². The number of aliphatic imine (C=N–C) groups is 1. The lowest BCUT2D eigenvalue weighted by molar-refractivity contribution is -0.143. The molecule has 5 nitrogen and oxygen atoms in total. The molecule has 1 rings (SSSR count). The third kappa shape index (κ3) is 10.5. The first kappa shape index (κ1) is 21.1. The third-order valence-electron chi connectivity index (χ3n) is 3.37. The van der Waals surface area contributed by atoms with E-state index in [-0.39, 0.29) is 0 Å². The molecule has 0 aliphatic heterocycles. The maximum Gasteiger partial charge on any atom is 0.401 e. The standard InChI is InChI=1S/C17H27F3N4O/c1-14-5-7-15(8-6-14)25-12-10-23-16(21-2)22-9-4-11-24(3)13-17(18,19)20/h5-8H,4,9-13H2,1-3H3,(H2,21,22,23). The highest BCUT2D eigenvalue weighted by Gasteiger charge is 2.28. The Labute approximate surface area is 147 Å². The summed E-state index contributed by atoms with van der Waals surface area (Å²) in [5, 5.41) is 6.17. The van der Waals surface area contributed by atoms with Crippen molar-refractivity contribution in [2.75, 3.05) is 46.9 Å². The molecule has 8 heteroatoms. The van der Waals surface area contributed by atoms with Crippen molar-refractivity contribution in [3.05, 3.63) is 29.8 Å². The van der Waals surface area contributed by atoms with Crippen LogP contribution in [0.3, 0.4) is 0 Å². The van der Waals surface area contributed by atoms with Gasteiger partial charge in [0, 0.05) is 13.6 Å². The zero-order valence-electron chi connectivity index (χ0n) is 15.0. The first-order valence-electron chi connectivity index (χ1n) is 8.19. The Balaban J connectivity index is 2.13. The number of hydrogen-bond donors (Lipinski definition) is 2. The summed E-state index contributed by atoms with van der Waals surface area (Å²) in [5.74, 6) is 1.41. The molecule has 0 unspecified atom stereocenters. The highest BCUT2D eigenvalue weighted by Crippen LogP contribution is 2.15. The molecule has 0 amide bonds. The zero-order valence-corrected chi connectivity index (χ0v) is 15.0. The topological polar surface area (TPSA) is 48.9 Å². The van der Waals surface area contributed by atoms with Gasteiger partial charge in [-0.25, -0.2) is 0 Å². The largest absolute Gasteiger partial charge is 0.492 e. The van der Waals surface area contributed by atoms with Crippen molar-refractivity contribution < 1.29 is 17.9 Å². The molecule has 0 aliphatic rings. The molecule has 0 radical (unpaired) electrons. The molecule has 0 heterocycles. The lowest BCUT2D eigenvalue weighted by atomic mass is 10.2. The molecule has 0 aliphatic carbocycles. The van der Waals surface area contributed by atoms with E-state index in [1.54, 1.807) is 7.05 Å². The van der Waals surface area contributed by atoms with Gasteiger partial charge in [0.15, 0.2) is 5.96 Å². The Hall–Kier alpha value is -1.96. The Morgan fingerprint density at radius 1 is 1.16 bits per heavy atom. The smallest absolute Gasteiger partial charge is 0.401 e. The van der Waals surface area contributed by atoms with Crippen molar-refractivity contribution in [3.8, 4) is 5.75 Å². The summed E-state index contributed by atoms with van der Waals surface area (Å²) in [6, 6.07) is 7.80. The second-order valence-corrected chi connectivity index (χ2v) is 5.79. The number of hydrogen-bond acceptors (Lipinski definition) is 3. The molecule has 0 fully saturated rings. The fraction of sp³-hybridized carbons (Fsp3) is 0.588. The second kappa shape index (κ2) is 10.8. The lowest BCUT2D eigenvalue weighted by Crippen LogP contribution is -2.40. The van der Waals surface area contributed by atoms with Gasteiger partial charge in [-0.05, 0) is 39.1 Å². The van der Waals surface area contributed by atoms with Crippen molar-refractivity contribution in [2.45, 2.75) is 19.5 Å². The number of aryl methyl sites for hydroxylation is 1. The van der Waals surface area contributed by atoms with Gasteiger partial charge in [-0.1, -0.05) is 17.7 Å². The molecule has 0 spiro atoms. The van der Waals surface area contributed by atoms with Gasteiger partial charge in [0.2, 0.25) is 0 Å². The van der Waals surface area contributed by atoms with Crippen molar-refractivity contribution >= 4 is 5.96 Å². The minimum absolute atomic E-state index is 0.361.